The molecule has 72 valence electrons. The van der Waals surface area contributed by atoms with E-state index < -0.39 is 0 Å². The standard InChI is InChI=1S/C10H10IN3/c11-9-6-13-14(7-9)10-4-2-1-3-8(10)5-12/h1-4,6-7H,5,12H2. The molecule has 0 amide bonds. The molecule has 1 aromatic carbocycles. The Hall–Kier alpha value is -0.880. The van der Waals surface area contributed by atoms with Gasteiger partial charge in [0.1, 0.15) is 0 Å². The van der Waals surface area contributed by atoms with Crippen molar-refractivity contribution < 1.29 is 0 Å². The summed E-state index contributed by atoms with van der Waals surface area (Å²) in [5.74, 6) is 0. The molecule has 1 heterocycles. The maximum absolute atomic E-state index is 5.65. The van der Waals surface area contributed by atoms with Gasteiger partial charge in [-0.05, 0) is 34.2 Å². The van der Waals surface area contributed by atoms with Gasteiger partial charge in [0.25, 0.3) is 0 Å². The van der Waals surface area contributed by atoms with Gasteiger partial charge in [-0.15, -0.1) is 0 Å². The zero-order chi connectivity index (χ0) is 9.97. The number of rotatable bonds is 2. The minimum Gasteiger partial charge on any atom is -0.326 e. The lowest BCUT2D eigenvalue weighted by Crippen LogP contribution is -2.04. The first-order valence-corrected chi connectivity index (χ1v) is 5.37. The number of hydrogen-bond acceptors (Lipinski definition) is 2. The first-order chi connectivity index (χ1) is 6.81. The van der Waals surface area contributed by atoms with Gasteiger partial charge < -0.3 is 5.73 Å². The minimum absolute atomic E-state index is 0.534. The number of aromatic nitrogens is 2. The fraction of sp³-hybridized carbons (Fsp3) is 0.100. The molecule has 0 aliphatic rings. The van der Waals surface area contributed by atoms with E-state index in [4.69, 9.17) is 5.73 Å². The van der Waals surface area contributed by atoms with Gasteiger partial charge >= 0.3 is 0 Å². The SMILES string of the molecule is NCc1ccccc1-n1cc(I)cn1. The lowest BCUT2D eigenvalue weighted by Gasteiger charge is -2.06. The highest BCUT2D eigenvalue weighted by molar-refractivity contribution is 14.1. The molecule has 0 spiro atoms. The van der Waals surface area contributed by atoms with Crippen LogP contribution in [0.3, 0.4) is 0 Å². The van der Waals surface area contributed by atoms with Gasteiger partial charge in [0.05, 0.1) is 15.5 Å². The van der Waals surface area contributed by atoms with Crippen LogP contribution in [-0.4, -0.2) is 9.78 Å². The number of para-hydroxylation sites is 1. The molecule has 0 radical (unpaired) electrons. The van der Waals surface area contributed by atoms with Crippen molar-refractivity contribution in [2.45, 2.75) is 6.54 Å². The van der Waals surface area contributed by atoms with Crippen LogP contribution in [0.1, 0.15) is 5.56 Å². The van der Waals surface area contributed by atoms with Crippen molar-refractivity contribution >= 4 is 22.6 Å². The summed E-state index contributed by atoms with van der Waals surface area (Å²) in [5, 5.41) is 4.25. The molecular formula is C10H10IN3. The number of benzene rings is 1. The highest BCUT2D eigenvalue weighted by Gasteiger charge is 2.02. The molecule has 2 aromatic rings. The van der Waals surface area contributed by atoms with E-state index in [9.17, 15) is 0 Å². The highest BCUT2D eigenvalue weighted by atomic mass is 127. The summed E-state index contributed by atoms with van der Waals surface area (Å²) in [6, 6.07) is 8.01. The van der Waals surface area contributed by atoms with Crippen molar-refractivity contribution in [3.05, 3.63) is 45.8 Å². The number of hydrogen-bond donors (Lipinski definition) is 1. The second-order valence-corrected chi connectivity index (χ2v) is 4.18. The summed E-state index contributed by atoms with van der Waals surface area (Å²) in [5.41, 5.74) is 7.81. The van der Waals surface area contributed by atoms with Crippen molar-refractivity contribution in [1.29, 1.82) is 0 Å². The molecule has 0 atom stereocenters. The van der Waals surface area contributed by atoms with E-state index in [-0.39, 0.29) is 0 Å². The van der Waals surface area contributed by atoms with Crippen LogP contribution < -0.4 is 5.73 Å². The third kappa shape index (κ3) is 1.80. The Morgan fingerprint density at radius 1 is 1.36 bits per heavy atom. The molecular weight excluding hydrogens is 289 g/mol. The smallest absolute Gasteiger partial charge is 0.0690 e. The molecule has 0 saturated carbocycles. The Morgan fingerprint density at radius 3 is 2.79 bits per heavy atom. The Balaban J connectivity index is 2.50. The van der Waals surface area contributed by atoms with E-state index in [2.05, 4.69) is 27.7 Å². The summed E-state index contributed by atoms with van der Waals surface area (Å²) in [7, 11) is 0. The van der Waals surface area contributed by atoms with Gasteiger partial charge in [0.15, 0.2) is 0 Å². The summed E-state index contributed by atoms with van der Waals surface area (Å²) in [6.07, 6.45) is 3.81. The average Bonchev–Trinajstić information content (AvgIpc) is 2.65. The Morgan fingerprint density at radius 2 is 2.14 bits per heavy atom. The predicted molar refractivity (Wildman–Crippen MR) is 64.2 cm³/mol. The second kappa shape index (κ2) is 4.10. The fourth-order valence-corrected chi connectivity index (χ4v) is 1.73. The first-order valence-electron chi connectivity index (χ1n) is 4.30. The molecule has 1 aromatic heterocycles. The van der Waals surface area contributed by atoms with Crippen molar-refractivity contribution in [3.63, 3.8) is 0 Å². The van der Waals surface area contributed by atoms with Crippen LogP contribution in [0, 0.1) is 3.57 Å². The number of nitrogens with two attached hydrogens (primary N) is 1. The molecule has 0 saturated heterocycles. The molecule has 3 nitrogen and oxygen atoms in total. The van der Waals surface area contributed by atoms with E-state index in [1.165, 1.54) is 0 Å². The maximum Gasteiger partial charge on any atom is 0.0690 e. The third-order valence-electron chi connectivity index (χ3n) is 2.01. The Kier molecular flexibility index (Phi) is 2.83. The number of halogens is 1. The molecule has 14 heavy (non-hydrogen) atoms. The molecule has 2 rings (SSSR count). The minimum atomic E-state index is 0.534. The van der Waals surface area contributed by atoms with Gasteiger partial charge in [0, 0.05) is 12.7 Å². The van der Waals surface area contributed by atoms with Gasteiger partial charge in [-0.2, -0.15) is 5.10 Å². The predicted octanol–water partition coefficient (Wildman–Crippen LogP) is 1.94. The summed E-state index contributed by atoms with van der Waals surface area (Å²) < 4.78 is 2.97. The fourth-order valence-electron chi connectivity index (χ4n) is 1.34. The Labute approximate surface area is 96.1 Å². The highest BCUT2D eigenvalue weighted by Crippen LogP contribution is 2.14. The van der Waals surface area contributed by atoms with Crippen LogP contribution in [0.5, 0.6) is 0 Å². The van der Waals surface area contributed by atoms with Gasteiger partial charge in [0.2, 0.25) is 0 Å². The largest absolute Gasteiger partial charge is 0.326 e. The summed E-state index contributed by atoms with van der Waals surface area (Å²) in [6.45, 7) is 0.534. The van der Waals surface area contributed by atoms with Crippen molar-refractivity contribution in [2.24, 2.45) is 5.73 Å². The average molecular weight is 299 g/mol. The zero-order valence-electron chi connectivity index (χ0n) is 7.52. The van der Waals surface area contributed by atoms with Crippen LogP contribution >= 0.6 is 22.6 Å². The second-order valence-electron chi connectivity index (χ2n) is 2.94. The van der Waals surface area contributed by atoms with Gasteiger partial charge in [-0.3, -0.25) is 0 Å². The molecule has 0 bridgehead atoms. The van der Waals surface area contributed by atoms with Crippen molar-refractivity contribution in [2.75, 3.05) is 0 Å². The molecule has 4 heteroatoms. The lowest BCUT2D eigenvalue weighted by atomic mass is 10.2. The van der Waals surface area contributed by atoms with E-state index >= 15 is 0 Å². The molecule has 2 N–H and O–H groups in total. The van der Waals surface area contributed by atoms with E-state index in [1.807, 2.05) is 41.3 Å². The monoisotopic (exact) mass is 299 g/mol. The third-order valence-corrected chi connectivity index (χ3v) is 2.57. The van der Waals surface area contributed by atoms with E-state index in [0.29, 0.717) is 6.54 Å². The lowest BCUT2D eigenvalue weighted by molar-refractivity contribution is 0.858. The molecule has 0 aliphatic carbocycles. The van der Waals surface area contributed by atoms with Crippen LogP contribution in [0.4, 0.5) is 0 Å². The van der Waals surface area contributed by atoms with E-state index in [1.54, 1.807) is 0 Å². The zero-order valence-corrected chi connectivity index (χ0v) is 9.68. The summed E-state index contributed by atoms with van der Waals surface area (Å²) in [4.78, 5) is 0. The van der Waals surface area contributed by atoms with Crippen LogP contribution in [-0.2, 0) is 6.54 Å². The quantitative estimate of drug-likeness (QED) is 0.861. The normalized spacial score (nSPS) is 10.4. The molecule has 0 fully saturated rings. The van der Waals surface area contributed by atoms with Crippen LogP contribution in [0.25, 0.3) is 5.69 Å². The molecule has 0 aliphatic heterocycles. The van der Waals surface area contributed by atoms with Crippen LogP contribution in [0.15, 0.2) is 36.7 Å². The van der Waals surface area contributed by atoms with Gasteiger partial charge in [-0.25, -0.2) is 4.68 Å². The molecule has 0 unspecified atom stereocenters. The Bertz CT molecular complexity index is 436. The maximum atomic E-state index is 5.65. The van der Waals surface area contributed by atoms with Crippen LogP contribution in [0.2, 0.25) is 0 Å². The summed E-state index contributed by atoms with van der Waals surface area (Å²) >= 11 is 2.24. The van der Waals surface area contributed by atoms with Gasteiger partial charge in [-0.1, -0.05) is 18.2 Å². The van der Waals surface area contributed by atoms with Crippen molar-refractivity contribution in [3.8, 4) is 5.69 Å². The topological polar surface area (TPSA) is 43.8 Å². The van der Waals surface area contributed by atoms with E-state index in [0.717, 1.165) is 14.8 Å². The van der Waals surface area contributed by atoms with Crippen molar-refractivity contribution in [1.82, 2.24) is 9.78 Å². The first kappa shape index (κ1) is 9.67. The number of nitrogens with zero attached hydrogens (tertiary/aromatic N) is 2.